The molecular weight excluding hydrogens is 254 g/mol. The number of rotatable bonds is 2. The average molecular weight is 267 g/mol. The van der Waals surface area contributed by atoms with E-state index in [-0.39, 0.29) is 23.5 Å². The lowest BCUT2D eigenvalue weighted by atomic mass is 9.88. The van der Waals surface area contributed by atoms with Crippen LogP contribution in [0, 0.1) is 0 Å². The number of nitrogens with one attached hydrogen (secondary N) is 1. The number of benzene rings is 2. The van der Waals surface area contributed by atoms with Crippen LogP contribution in [-0.4, -0.2) is 16.9 Å². The normalized spacial score (nSPS) is 14.8. The molecule has 2 amide bonds. The first-order chi connectivity index (χ1) is 9.58. The minimum atomic E-state index is -0.354. The molecule has 0 saturated heterocycles. The summed E-state index contributed by atoms with van der Waals surface area (Å²) >= 11 is 0. The Morgan fingerprint density at radius 1 is 1.05 bits per heavy atom. The molecule has 4 nitrogen and oxygen atoms in total. The maximum absolute atomic E-state index is 11.9. The number of imide groups is 1. The fraction of sp³-hybridized carbons (Fsp3) is 0.125. The number of hydrogen-bond acceptors (Lipinski definition) is 3. The molecule has 0 aromatic heterocycles. The molecule has 0 spiro atoms. The monoisotopic (exact) mass is 267 g/mol. The molecule has 20 heavy (non-hydrogen) atoms. The highest BCUT2D eigenvalue weighted by Crippen LogP contribution is 2.31. The molecule has 1 heterocycles. The number of phenolic OH excluding ortho intramolecular Hbond substituents is 1. The standard InChI is InChI=1S/C16H13NO3/c1-9(10-4-2-5-11(18)8-10)12-6-3-7-13-14(12)16(20)17-15(13)19/h2-9,18H,1H3,(H,17,19,20). The molecule has 4 heteroatoms. The van der Waals surface area contributed by atoms with E-state index in [4.69, 9.17) is 0 Å². The quantitative estimate of drug-likeness (QED) is 0.821. The SMILES string of the molecule is CC(c1cccc(O)c1)c1cccc2c1C(=O)NC2=O. The Kier molecular flexibility index (Phi) is 2.79. The first kappa shape index (κ1) is 12.4. The van der Waals surface area contributed by atoms with Crippen molar-refractivity contribution in [3.8, 4) is 5.75 Å². The molecule has 1 unspecified atom stereocenters. The van der Waals surface area contributed by atoms with E-state index in [1.54, 1.807) is 30.3 Å². The Labute approximate surface area is 116 Å². The fourth-order valence-electron chi connectivity index (χ4n) is 2.58. The van der Waals surface area contributed by atoms with Gasteiger partial charge in [0, 0.05) is 5.92 Å². The molecule has 2 aromatic rings. The molecule has 0 aliphatic carbocycles. The summed E-state index contributed by atoms with van der Waals surface area (Å²) < 4.78 is 0. The molecule has 1 aliphatic rings. The van der Waals surface area contributed by atoms with E-state index in [0.717, 1.165) is 11.1 Å². The van der Waals surface area contributed by atoms with Crippen LogP contribution in [0.4, 0.5) is 0 Å². The summed E-state index contributed by atoms with van der Waals surface area (Å²) in [6.07, 6.45) is 0. The molecule has 0 radical (unpaired) electrons. The predicted octanol–water partition coefficient (Wildman–Crippen LogP) is 2.43. The highest BCUT2D eigenvalue weighted by atomic mass is 16.3. The summed E-state index contributed by atoms with van der Waals surface area (Å²) in [4.78, 5) is 23.6. The zero-order valence-corrected chi connectivity index (χ0v) is 10.9. The number of amides is 2. The molecule has 0 saturated carbocycles. The highest BCUT2D eigenvalue weighted by Gasteiger charge is 2.30. The lowest BCUT2D eigenvalue weighted by molar-refractivity contribution is 0.0879. The van der Waals surface area contributed by atoms with Crippen molar-refractivity contribution in [1.82, 2.24) is 5.32 Å². The Morgan fingerprint density at radius 2 is 1.80 bits per heavy atom. The largest absolute Gasteiger partial charge is 0.508 e. The molecule has 1 atom stereocenters. The Morgan fingerprint density at radius 3 is 2.55 bits per heavy atom. The molecule has 0 bridgehead atoms. The van der Waals surface area contributed by atoms with Gasteiger partial charge in [0.15, 0.2) is 0 Å². The van der Waals surface area contributed by atoms with Gasteiger partial charge in [-0.2, -0.15) is 0 Å². The van der Waals surface area contributed by atoms with Gasteiger partial charge >= 0.3 is 0 Å². The van der Waals surface area contributed by atoms with Gasteiger partial charge in [-0.15, -0.1) is 0 Å². The van der Waals surface area contributed by atoms with Gasteiger partial charge < -0.3 is 5.11 Å². The summed E-state index contributed by atoms with van der Waals surface area (Å²) in [6, 6.07) is 12.2. The van der Waals surface area contributed by atoms with E-state index in [9.17, 15) is 14.7 Å². The number of aromatic hydroxyl groups is 1. The number of carbonyl (C=O) groups is 2. The number of fused-ring (bicyclic) bond motifs is 1. The van der Waals surface area contributed by atoms with Crippen molar-refractivity contribution in [2.45, 2.75) is 12.8 Å². The summed E-state index contributed by atoms with van der Waals surface area (Å²) in [7, 11) is 0. The topological polar surface area (TPSA) is 66.4 Å². The van der Waals surface area contributed by atoms with Crippen LogP contribution in [0.25, 0.3) is 0 Å². The van der Waals surface area contributed by atoms with Crippen molar-refractivity contribution in [2.75, 3.05) is 0 Å². The van der Waals surface area contributed by atoms with Crippen LogP contribution in [0.1, 0.15) is 44.7 Å². The first-order valence-electron chi connectivity index (χ1n) is 6.35. The van der Waals surface area contributed by atoms with Crippen LogP contribution in [0.2, 0.25) is 0 Å². The summed E-state index contributed by atoms with van der Waals surface area (Å²) in [5.74, 6) is -0.612. The lowest BCUT2D eigenvalue weighted by Crippen LogP contribution is -2.20. The average Bonchev–Trinajstić information content (AvgIpc) is 2.73. The van der Waals surface area contributed by atoms with Gasteiger partial charge in [0.1, 0.15) is 5.75 Å². The molecule has 1 aliphatic heterocycles. The van der Waals surface area contributed by atoms with Crippen LogP contribution < -0.4 is 5.32 Å². The number of carbonyl (C=O) groups excluding carboxylic acids is 2. The van der Waals surface area contributed by atoms with Gasteiger partial charge in [0.2, 0.25) is 0 Å². The van der Waals surface area contributed by atoms with Gasteiger partial charge in [-0.05, 0) is 29.3 Å². The fourth-order valence-corrected chi connectivity index (χ4v) is 2.58. The van der Waals surface area contributed by atoms with Crippen molar-refractivity contribution in [3.63, 3.8) is 0 Å². The second-order valence-electron chi connectivity index (χ2n) is 4.87. The zero-order valence-electron chi connectivity index (χ0n) is 10.9. The summed E-state index contributed by atoms with van der Waals surface area (Å²) in [5.41, 5.74) is 2.54. The smallest absolute Gasteiger partial charge is 0.259 e. The molecule has 0 fully saturated rings. The maximum atomic E-state index is 11.9. The van der Waals surface area contributed by atoms with E-state index >= 15 is 0 Å². The van der Waals surface area contributed by atoms with Crippen LogP contribution in [0.15, 0.2) is 42.5 Å². The Bertz CT molecular complexity index is 721. The van der Waals surface area contributed by atoms with E-state index in [1.807, 2.05) is 19.1 Å². The van der Waals surface area contributed by atoms with Crippen LogP contribution in [-0.2, 0) is 0 Å². The second-order valence-corrected chi connectivity index (χ2v) is 4.87. The molecular formula is C16H13NO3. The maximum Gasteiger partial charge on any atom is 0.259 e. The first-order valence-corrected chi connectivity index (χ1v) is 6.35. The summed E-state index contributed by atoms with van der Waals surface area (Å²) in [6.45, 7) is 1.94. The van der Waals surface area contributed by atoms with Crippen molar-refractivity contribution in [3.05, 3.63) is 64.7 Å². The Balaban J connectivity index is 2.12. The third kappa shape index (κ3) is 1.86. The van der Waals surface area contributed by atoms with Crippen molar-refractivity contribution < 1.29 is 14.7 Å². The van der Waals surface area contributed by atoms with Crippen LogP contribution in [0.5, 0.6) is 5.75 Å². The van der Waals surface area contributed by atoms with Gasteiger partial charge in [0.05, 0.1) is 11.1 Å². The lowest BCUT2D eigenvalue weighted by Gasteiger charge is -2.15. The summed E-state index contributed by atoms with van der Waals surface area (Å²) in [5, 5.41) is 11.9. The van der Waals surface area contributed by atoms with E-state index in [1.165, 1.54) is 0 Å². The Hall–Kier alpha value is -2.62. The highest BCUT2D eigenvalue weighted by molar-refractivity contribution is 6.22. The van der Waals surface area contributed by atoms with E-state index in [0.29, 0.717) is 11.1 Å². The van der Waals surface area contributed by atoms with Crippen LogP contribution in [0.3, 0.4) is 0 Å². The minimum absolute atomic E-state index is 0.0892. The van der Waals surface area contributed by atoms with Crippen molar-refractivity contribution >= 4 is 11.8 Å². The van der Waals surface area contributed by atoms with Crippen LogP contribution >= 0.6 is 0 Å². The van der Waals surface area contributed by atoms with E-state index in [2.05, 4.69) is 5.32 Å². The van der Waals surface area contributed by atoms with Gasteiger partial charge in [-0.25, -0.2) is 0 Å². The zero-order chi connectivity index (χ0) is 14.3. The van der Waals surface area contributed by atoms with Crippen molar-refractivity contribution in [2.24, 2.45) is 0 Å². The van der Waals surface area contributed by atoms with Gasteiger partial charge in [-0.3, -0.25) is 14.9 Å². The van der Waals surface area contributed by atoms with Gasteiger partial charge in [-0.1, -0.05) is 31.2 Å². The molecule has 2 aromatic carbocycles. The second kappa shape index (κ2) is 4.49. The minimum Gasteiger partial charge on any atom is -0.508 e. The third-order valence-electron chi connectivity index (χ3n) is 3.63. The number of hydrogen-bond donors (Lipinski definition) is 2. The molecule has 2 N–H and O–H groups in total. The third-order valence-corrected chi connectivity index (χ3v) is 3.63. The van der Waals surface area contributed by atoms with Crippen molar-refractivity contribution in [1.29, 1.82) is 0 Å². The number of phenols is 1. The molecule has 100 valence electrons. The molecule has 3 rings (SSSR count). The predicted molar refractivity (Wildman–Crippen MR) is 73.9 cm³/mol. The van der Waals surface area contributed by atoms with Gasteiger partial charge in [0.25, 0.3) is 11.8 Å². The van der Waals surface area contributed by atoms with E-state index < -0.39 is 0 Å².